The summed E-state index contributed by atoms with van der Waals surface area (Å²) in [5.74, 6) is 0. The Bertz CT molecular complexity index is 376. The van der Waals surface area contributed by atoms with Gasteiger partial charge in [0, 0.05) is 10.4 Å². The van der Waals surface area contributed by atoms with Crippen LogP contribution in [-0.4, -0.2) is 0 Å². The lowest BCUT2D eigenvalue weighted by Crippen LogP contribution is -2.01. The number of hydrogen-bond acceptors (Lipinski definition) is 2. The average molecular weight is 221 g/mol. The molecule has 1 aliphatic carbocycles. The topological polar surface area (TPSA) is 26.0 Å². The van der Waals surface area contributed by atoms with Crippen molar-refractivity contribution < 1.29 is 0 Å². The second kappa shape index (κ2) is 4.40. The summed E-state index contributed by atoms with van der Waals surface area (Å²) in [7, 11) is 0. The van der Waals surface area contributed by atoms with Gasteiger partial charge in [-0.3, -0.25) is 0 Å². The molecule has 0 spiro atoms. The van der Waals surface area contributed by atoms with Crippen LogP contribution in [0.25, 0.3) is 5.57 Å². The van der Waals surface area contributed by atoms with Gasteiger partial charge in [-0.05, 0) is 43.2 Å². The van der Waals surface area contributed by atoms with Gasteiger partial charge in [0.15, 0.2) is 0 Å². The lowest BCUT2D eigenvalue weighted by Gasteiger charge is -2.13. The maximum absolute atomic E-state index is 6.11. The molecule has 82 valence electrons. The van der Waals surface area contributed by atoms with Crippen LogP contribution in [0.1, 0.15) is 48.6 Å². The molecule has 0 bridgehead atoms. The summed E-state index contributed by atoms with van der Waals surface area (Å²) in [5.41, 5.74) is 10.2. The number of thiophene rings is 1. The first-order chi connectivity index (χ1) is 7.24. The third kappa shape index (κ3) is 1.96. The van der Waals surface area contributed by atoms with Crippen LogP contribution in [0.5, 0.6) is 0 Å². The minimum Gasteiger partial charge on any atom is -0.390 e. The maximum Gasteiger partial charge on any atom is 0.0938 e. The fraction of sp³-hybridized carbons (Fsp3) is 0.538. The van der Waals surface area contributed by atoms with E-state index in [9.17, 15) is 0 Å². The normalized spacial score (nSPS) is 15.0. The van der Waals surface area contributed by atoms with Crippen molar-refractivity contribution in [3.63, 3.8) is 0 Å². The van der Waals surface area contributed by atoms with E-state index in [4.69, 9.17) is 5.73 Å². The number of aryl methyl sites for hydroxylation is 1. The number of allylic oxidation sites excluding steroid dienone is 1. The minimum absolute atomic E-state index is 1.00. The number of anilines is 1. The number of fused-ring (bicyclic) bond motifs is 1. The predicted octanol–water partition coefficient (Wildman–Crippen LogP) is 4.02. The van der Waals surface area contributed by atoms with E-state index in [0.29, 0.717) is 0 Å². The van der Waals surface area contributed by atoms with Crippen LogP contribution in [0, 0.1) is 0 Å². The van der Waals surface area contributed by atoms with E-state index in [1.54, 1.807) is 11.3 Å². The van der Waals surface area contributed by atoms with Crippen molar-refractivity contribution in [1.82, 2.24) is 0 Å². The molecule has 1 heterocycles. The maximum atomic E-state index is 6.11. The van der Waals surface area contributed by atoms with Crippen LogP contribution >= 0.6 is 11.3 Å². The first kappa shape index (κ1) is 10.7. The summed E-state index contributed by atoms with van der Waals surface area (Å²) in [6.45, 7) is 6.38. The lowest BCUT2D eigenvalue weighted by atomic mass is 9.91. The molecule has 2 rings (SSSR count). The first-order valence-corrected chi connectivity index (χ1v) is 6.63. The monoisotopic (exact) mass is 221 g/mol. The lowest BCUT2D eigenvalue weighted by molar-refractivity contribution is 0.695. The zero-order chi connectivity index (χ0) is 10.8. The molecule has 2 N–H and O–H groups in total. The highest BCUT2D eigenvalue weighted by Gasteiger charge is 2.20. The number of nitrogen functional groups attached to an aromatic ring is 1. The molecule has 0 saturated heterocycles. The summed E-state index contributed by atoms with van der Waals surface area (Å²) >= 11 is 1.79. The predicted molar refractivity (Wildman–Crippen MR) is 69.3 cm³/mol. The Morgan fingerprint density at radius 2 is 2.13 bits per heavy atom. The van der Waals surface area contributed by atoms with Gasteiger partial charge < -0.3 is 5.73 Å². The van der Waals surface area contributed by atoms with Crippen LogP contribution in [-0.2, 0) is 12.8 Å². The SMILES string of the molecule is C=C(CCC)c1c(N)sc2c1CCCC2. The molecule has 2 heteroatoms. The van der Waals surface area contributed by atoms with Gasteiger partial charge in [0.05, 0.1) is 5.00 Å². The zero-order valence-electron chi connectivity index (χ0n) is 9.44. The Morgan fingerprint density at radius 1 is 1.40 bits per heavy atom. The quantitative estimate of drug-likeness (QED) is 0.819. The standard InChI is InChI=1S/C13H19NS/c1-3-6-9(2)12-10-7-4-5-8-11(10)15-13(12)14/h2-8,14H2,1H3. The van der Waals surface area contributed by atoms with Gasteiger partial charge in [0.25, 0.3) is 0 Å². The second-order valence-corrected chi connectivity index (χ2v) is 5.44. The highest BCUT2D eigenvalue weighted by atomic mass is 32.1. The van der Waals surface area contributed by atoms with Crippen molar-refractivity contribution >= 4 is 21.9 Å². The van der Waals surface area contributed by atoms with Crippen molar-refractivity contribution in [3.8, 4) is 0 Å². The Morgan fingerprint density at radius 3 is 2.87 bits per heavy atom. The van der Waals surface area contributed by atoms with Crippen molar-refractivity contribution in [2.75, 3.05) is 5.73 Å². The summed E-state index contributed by atoms with van der Waals surface area (Å²) < 4.78 is 0. The fourth-order valence-electron chi connectivity index (χ4n) is 2.40. The van der Waals surface area contributed by atoms with Crippen LogP contribution in [0.15, 0.2) is 6.58 Å². The van der Waals surface area contributed by atoms with Gasteiger partial charge in [-0.2, -0.15) is 0 Å². The van der Waals surface area contributed by atoms with Gasteiger partial charge in [-0.1, -0.05) is 19.9 Å². The molecule has 1 aliphatic rings. The van der Waals surface area contributed by atoms with Crippen LogP contribution < -0.4 is 5.73 Å². The van der Waals surface area contributed by atoms with Crippen LogP contribution in [0.4, 0.5) is 5.00 Å². The zero-order valence-corrected chi connectivity index (χ0v) is 10.3. The molecule has 0 saturated carbocycles. The van der Waals surface area contributed by atoms with E-state index >= 15 is 0 Å². The first-order valence-electron chi connectivity index (χ1n) is 5.82. The molecule has 1 aromatic rings. The molecule has 1 aromatic heterocycles. The summed E-state index contributed by atoms with van der Waals surface area (Å²) in [6, 6.07) is 0. The molecule has 0 aliphatic heterocycles. The van der Waals surface area contributed by atoms with E-state index in [-0.39, 0.29) is 0 Å². The Kier molecular flexibility index (Phi) is 3.15. The van der Waals surface area contributed by atoms with Crippen molar-refractivity contribution in [1.29, 1.82) is 0 Å². The number of nitrogens with two attached hydrogens (primary N) is 1. The third-order valence-electron chi connectivity index (χ3n) is 3.10. The Hall–Kier alpha value is -0.760. The summed E-state index contributed by atoms with van der Waals surface area (Å²) in [5, 5.41) is 1.00. The summed E-state index contributed by atoms with van der Waals surface area (Å²) in [4.78, 5) is 1.52. The largest absolute Gasteiger partial charge is 0.390 e. The second-order valence-electron chi connectivity index (χ2n) is 4.30. The molecule has 15 heavy (non-hydrogen) atoms. The van der Waals surface area contributed by atoms with Crippen LogP contribution in [0.2, 0.25) is 0 Å². The highest BCUT2D eigenvalue weighted by molar-refractivity contribution is 7.16. The molecule has 0 amide bonds. The van der Waals surface area contributed by atoms with Crippen molar-refractivity contribution in [2.45, 2.75) is 45.4 Å². The van der Waals surface area contributed by atoms with Gasteiger partial charge in [-0.15, -0.1) is 11.3 Å². The van der Waals surface area contributed by atoms with Crippen molar-refractivity contribution in [2.24, 2.45) is 0 Å². The molecule has 0 unspecified atom stereocenters. The molecule has 0 aromatic carbocycles. The van der Waals surface area contributed by atoms with E-state index in [0.717, 1.165) is 17.8 Å². The Balaban J connectivity index is 2.37. The third-order valence-corrected chi connectivity index (χ3v) is 4.22. The molecule has 0 radical (unpaired) electrons. The average Bonchev–Trinajstić information content (AvgIpc) is 2.54. The van der Waals surface area contributed by atoms with E-state index in [1.165, 1.54) is 47.3 Å². The van der Waals surface area contributed by atoms with Crippen LogP contribution in [0.3, 0.4) is 0 Å². The van der Waals surface area contributed by atoms with E-state index in [2.05, 4.69) is 13.5 Å². The van der Waals surface area contributed by atoms with Crippen molar-refractivity contribution in [3.05, 3.63) is 22.6 Å². The van der Waals surface area contributed by atoms with Gasteiger partial charge >= 0.3 is 0 Å². The minimum atomic E-state index is 1.00. The molecule has 0 fully saturated rings. The van der Waals surface area contributed by atoms with E-state index in [1.807, 2.05) is 0 Å². The van der Waals surface area contributed by atoms with Gasteiger partial charge in [-0.25, -0.2) is 0 Å². The summed E-state index contributed by atoms with van der Waals surface area (Å²) in [6.07, 6.45) is 7.31. The van der Waals surface area contributed by atoms with Gasteiger partial charge in [0.2, 0.25) is 0 Å². The molecule has 0 atom stereocenters. The molecular formula is C13H19NS. The fourth-order valence-corrected chi connectivity index (χ4v) is 3.61. The smallest absolute Gasteiger partial charge is 0.0938 e. The Labute approximate surface area is 96.0 Å². The van der Waals surface area contributed by atoms with Gasteiger partial charge in [0.1, 0.15) is 0 Å². The number of rotatable bonds is 3. The molecular weight excluding hydrogens is 202 g/mol. The molecule has 1 nitrogen and oxygen atoms in total. The number of hydrogen-bond donors (Lipinski definition) is 1. The highest BCUT2D eigenvalue weighted by Crippen LogP contribution is 2.40. The van der Waals surface area contributed by atoms with E-state index < -0.39 is 0 Å².